The Hall–Kier alpha value is 4.51. The van der Waals surface area contributed by atoms with Crippen molar-refractivity contribution in [2.24, 2.45) is 0 Å². The molecule has 0 spiro atoms. The summed E-state index contributed by atoms with van der Waals surface area (Å²) in [6, 6.07) is 0. The van der Waals surface area contributed by atoms with Crippen LogP contribution in [-0.2, 0) is 0 Å². The van der Waals surface area contributed by atoms with E-state index in [0.29, 0.717) is 0 Å². The van der Waals surface area contributed by atoms with E-state index in [1.165, 1.54) is 0 Å². The van der Waals surface area contributed by atoms with Gasteiger partial charge in [-0.15, -0.1) is 134 Å². The third-order valence-corrected chi connectivity index (χ3v) is 0. The monoisotopic (exact) mass is 783 g/mol. The summed E-state index contributed by atoms with van der Waals surface area (Å²) in [7, 11) is 0. The molecule has 8 heteroatoms. The maximum atomic E-state index is 2.32. The van der Waals surface area contributed by atoms with Crippen molar-refractivity contribution in [3.63, 3.8) is 0 Å². The highest BCUT2D eigenvalue weighted by Gasteiger charge is 1.87. The number of hydrogen-bond donors (Lipinski definition) is 0. The van der Waals surface area contributed by atoms with Gasteiger partial charge in [0.15, 0.2) is 0 Å². The van der Waals surface area contributed by atoms with Crippen LogP contribution in [-0.4, -0.2) is 0.564 Å². The van der Waals surface area contributed by atoms with Crippen molar-refractivity contribution in [3.05, 3.63) is 0 Å². The average molecular weight is 783 g/mol. The molecule has 0 aromatic heterocycles. The first-order valence-corrected chi connectivity index (χ1v) is 8.78. The third-order valence-electron chi connectivity index (χ3n) is 0. The normalized spacial score (nSPS) is 6.75. The standard InChI is InChI=1S/2BI3/c2*2-1(3)4. The molecular weight excluding hydrogens is 783 g/mol. The lowest BCUT2D eigenvalue weighted by molar-refractivity contribution is 5.41. The Morgan fingerprint density at radius 1 is 0.500 bits per heavy atom. The average Bonchev–Trinajstić information content (AvgIpc) is 1.25. The van der Waals surface area contributed by atoms with E-state index in [1.807, 2.05) is 0 Å². The number of hydrogen-bond acceptors (Lipinski definition) is 0. The molecular formula is B2I6. The van der Waals surface area contributed by atoms with Crippen molar-refractivity contribution in [3.8, 4) is 0 Å². The Morgan fingerprint density at radius 2 is 0.500 bits per heavy atom. The smallest absolute Gasteiger partial charge is 0.118 e. The number of rotatable bonds is 0. The maximum Gasteiger partial charge on any atom is 0.355 e. The Morgan fingerprint density at radius 3 is 0.500 bits per heavy atom. The molecule has 0 radical (unpaired) electrons. The van der Waals surface area contributed by atoms with E-state index >= 15 is 0 Å². The zero-order valence-electron chi connectivity index (χ0n) is 3.42. The van der Waals surface area contributed by atoms with Gasteiger partial charge >= 0.3 is 0.564 Å². The minimum Gasteiger partial charge on any atom is -0.118 e. The van der Waals surface area contributed by atoms with Crippen LogP contribution in [0.1, 0.15) is 0 Å². The molecule has 0 amide bonds. The van der Waals surface area contributed by atoms with Gasteiger partial charge in [-0.3, -0.25) is 0 Å². The van der Waals surface area contributed by atoms with Gasteiger partial charge < -0.3 is 0 Å². The van der Waals surface area contributed by atoms with Crippen molar-refractivity contribution in [2.75, 3.05) is 0 Å². The van der Waals surface area contributed by atoms with Crippen LogP contribution >= 0.6 is 134 Å². The summed E-state index contributed by atoms with van der Waals surface area (Å²) in [5.74, 6) is 0. The van der Waals surface area contributed by atoms with Gasteiger partial charge in [0.2, 0.25) is 0 Å². The van der Waals surface area contributed by atoms with Gasteiger partial charge in [-0.1, -0.05) is 0 Å². The minimum absolute atomic E-state index is 0.743. The third kappa shape index (κ3) is 46.7. The largest absolute Gasteiger partial charge is 0.355 e. The molecule has 0 aromatic rings. The fraction of sp³-hybridized carbons (Fsp3) is 0. The summed E-state index contributed by atoms with van der Waals surface area (Å²) >= 11 is 13.9. The summed E-state index contributed by atoms with van der Waals surface area (Å²) < 4.78 is 1.49. The molecule has 0 atom stereocenters. The van der Waals surface area contributed by atoms with E-state index in [2.05, 4.69) is 134 Å². The van der Waals surface area contributed by atoms with E-state index in [1.54, 1.807) is 0 Å². The second-order valence-corrected chi connectivity index (χ2v) is 22.3. The summed E-state index contributed by atoms with van der Waals surface area (Å²) in [4.78, 5) is 0. The predicted molar refractivity (Wildman–Crippen MR) is 95.6 cm³/mol. The summed E-state index contributed by atoms with van der Waals surface area (Å²) in [5, 5.41) is 0. The van der Waals surface area contributed by atoms with Crippen molar-refractivity contribution in [2.45, 2.75) is 0 Å². The molecule has 0 bridgehead atoms. The van der Waals surface area contributed by atoms with Crippen LogP contribution in [0.4, 0.5) is 0 Å². The fourth-order valence-electron chi connectivity index (χ4n) is 0. The molecule has 0 heterocycles. The predicted octanol–water partition coefficient (Wildman–Crippen LogP) is 4.55. The maximum absolute atomic E-state index is 2.32. The quantitative estimate of drug-likeness (QED) is 0.250. The van der Waals surface area contributed by atoms with Crippen molar-refractivity contribution >= 4 is 135 Å². The van der Waals surface area contributed by atoms with Crippen molar-refractivity contribution < 1.29 is 0 Å². The van der Waals surface area contributed by atoms with Gasteiger partial charge in [-0.05, 0) is 0 Å². The lowest BCUT2D eigenvalue weighted by Gasteiger charge is -1.63. The van der Waals surface area contributed by atoms with Crippen molar-refractivity contribution in [1.29, 1.82) is 0 Å². The van der Waals surface area contributed by atoms with Gasteiger partial charge in [0.05, 0.1) is 0 Å². The number of halogens is 6. The van der Waals surface area contributed by atoms with Crippen LogP contribution in [0.25, 0.3) is 0 Å². The van der Waals surface area contributed by atoms with Crippen molar-refractivity contribution in [1.82, 2.24) is 0 Å². The van der Waals surface area contributed by atoms with Crippen LogP contribution in [0.15, 0.2) is 0 Å². The molecule has 0 unspecified atom stereocenters. The Balaban J connectivity index is 0. The van der Waals surface area contributed by atoms with Gasteiger partial charge in [0, 0.05) is 0 Å². The Labute approximate surface area is 131 Å². The minimum atomic E-state index is 0.743. The Kier molecular flexibility index (Phi) is 21.6. The second-order valence-electron chi connectivity index (χ2n) is 0.495. The second kappa shape index (κ2) is 11.5. The molecule has 0 nitrogen and oxygen atoms in total. The van der Waals surface area contributed by atoms with Gasteiger partial charge in [-0.25, -0.2) is 0 Å². The lowest BCUT2D eigenvalue weighted by Crippen LogP contribution is -1.59. The molecule has 0 aliphatic carbocycles. The molecule has 0 N–H and O–H groups in total. The first kappa shape index (κ1) is 15.0. The summed E-state index contributed by atoms with van der Waals surface area (Å²) in [5.41, 5.74) is 0. The lowest BCUT2D eigenvalue weighted by atomic mass is 10.8. The topological polar surface area (TPSA) is 0 Å². The van der Waals surface area contributed by atoms with Gasteiger partial charge in [0.25, 0.3) is 0 Å². The summed E-state index contributed by atoms with van der Waals surface area (Å²) in [6.07, 6.45) is 0. The van der Waals surface area contributed by atoms with E-state index in [0.717, 1.165) is 0.564 Å². The van der Waals surface area contributed by atoms with Gasteiger partial charge in [0.1, 0.15) is 0 Å². The fourth-order valence-corrected chi connectivity index (χ4v) is 0. The van der Waals surface area contributed by atoms with Crippen LogP contribution in [0.5, 0.6) is 0 Å². The Bertz CT molecular complexity index is 22.0. The molecule has 0 saturated heterocycles. The highest BCUT2D eigenvalue weighted by Crippen LogP contribution is 2.10. The molecule has 0 fully saturated rings. The molecule has 8 heavy (non-hydrogen) atoms. The molecule has 0 saturated carbocycles. The van der Waals surface area contributed by atoms with Crippen LogP contribution in [0, 0.1) is 0 Å². The van der Waals surface area contributed by atoms with E-state index < -0.39 is 0 Å². The molecule has 0 aliphatic rings. The highest BCUT2D eigenvalue weighted by atomic mass is 127. The van der Waals surface area contributed by atoms with Crippen LogP contribution < -0.4 is 0 Å². The highest BCUT2D eigenvalue weighted by molar-refractivity contribution is 14.4. The molecule has 0 aliphatic heterocycles. The SMILES string of the molecule is IB(I)I.IB(I)I. The molecule has 0 aromatic carbocycles. The first-order valence-electron chi connectivity index (χ1n) is 1.31. The van der Waals surface area contributed by atoms with E-state index in [-0.39, 0.29) is 0 Å². The molecule has 48 valence electrons. The zero-order chi connectivity index (χ0) is 7.15. The first-order chi connectivity index (χ1) is 3.46. The van der Waals surface area contributed by atoms with Gasteiger partial charge in [-0.2, -0.15) is 0 Å². The molecule has 0 rings (SSSR count). The van der Waals surface area contributed by atoms with Crippen LogP contribution in [0.3, 0.4) is 0 Å². The van der Waals surface area contributed by atoms with Crippen LogP contribution in [0.2, 0.25) is 0 Å². The zero-order valence-corrected chi connectivity index (χ0v) is 16.4. The van der Waals surface area contributed by atoms with E-state index in [9.17, 15) is 0 Å². The summed E-state index contributed by atoms with van der Waals surface area (Å²) in [6.45, 7) is 0. The van der Waals surface area contributed by atoms with E-state index in [4.69, 9.17) is 0 Å².